The normalized spacial score (nSPS) is 21.6. The highest BCUT2D eigenvalue weighted by molar-refractivity contribution is 7.99. The monoisotopic (exact) mass is 305 g/mol. The van der Waals surface area contributed by atoms with E-state index in [1.165, 1.54) is 11.6 Å². The van der Waals surface area contributed by atoms with Crippen LogP contribution in [0.2, 0.25) is 0 Å². The molecule has 112 valence electrons. The van der Waals surface area contributed by atoms with E-state index >= 15 is 0 Å². The molecule has 1 aliphatic rings. The summed E-state index contributed by atoms with van der Waals surface area (Å²) in [6.45, 7) is 4.00. The Morgan fingerprint density at radius 3 is 2.71 bits per heavy atom. The average Bonchev–Trinajstić information content (AvgIpc) is 2.87. The van der Waals surface area contributed by atoms with Crippen LogP contribution in [0, 0.1) is 13.8 Å². The molecular weight excluding hydrogens is 286 g/mol. The number of rotatable bonds is 4. The zero-order valence-corrected chi connectivity index (χ0v) is 13.0. The third-order valence-corrected chi connectivity index (χ3v) is 4.82. The van der Waals surface area contributed by atoms with Gasteiger partial charge in [0.1, 0.15) is 5.54 Å². The van der Waals surface area contributed by atoms with Crippen LogP contribution >= 0.6 is 11.8 Å². The number of nitrogens with one attached hydrogen (secondary N) is 1. The Bertz CT molecular complexity index is 589. The summed E-state index contributed by atoms with van der Waals surface area (Å²) in [5.74, 6) is -0.139. The Kier molecular flexibility index (Phi) is 4.73. The van der Waals surface area contributed by atoms with Crippen LogP contribution in [0.3, 0.4) is 0 Å². The fourth-order valence-electron chi connectivity index (χ4n) is 2.34. The lowest BCUT2D eigenvalue weighted by Gasteiger charge is -2.23. The van der Waals surface area contributed by atoms with Crippen LogP contribution in [0.5, 0.6) is 0 Å². The Labute approximate surface area is 128 Å². The van der Waals surface area contributed by atoms with Gasteiger partial charge in [-0.25, -0.2) is 4.79 Å². The van der Waals surface area contributed by atoms with Crippen LogP contribution in [0.15, 0.2) is 24.3 Å². The summed E-state index contributed by atoms with van der Waals surface area (Å²) in [6, 6.07) is 5.98. The highest BCUT2D eigenvalue weighted by atomic mass is 32.2. The van der Waals surface area contributed by atoms with Crippen molar-refractivity contribution in [2.45, 2.75) is 25.8 Å². The van der Waals surface area contributed by atoms with Crippen LogP contribution in [-0.4, -0.2) is 34.0 Å². The van der Waals surface area contributed by atoms with Gasteiger partial charge in [0.25, 0.3) is 0 Å². The number of amides is 1. The second kappa shape index (κ2) is 6.35. The van der Waals surface area contributed by atoms with Gasteiger partial charge in [-0.3, -0.25) is 4.79 Å². The van der Waals surface area contributed by atoms with Crippen molar-refractivity contribution in [2.75, 3.05) is 11.5 Å². The molecule has 1 aromatic rings. The summed E-state index contributed by atoms with van der Waals surface area (Å²) in [7, 11) is 0. The summed E-state index contributed by atoms with van der Waals surface area (Å²) < 4.78 is 0. The third kappa shape index (κ3) is 3.67. The Balaban J connectivity index is 2.07. The number of hydrogen-bond acceptors (Lipinski definition) is 3. The largest absolute Gasteiger partial charge is 0.479 e. The van der Waals surface area contributed by atoms with Gasteiger partial charge < -0.3 is 10.4 Å². The molecule has 1 aliphatic heterocycles. The zero-order chi connectivity index (χ0) is 15.5. The highest BCUT2D eigenvalue weighted by Gasteiger charge is 2.42. The second-order valence-corrected chi connectivity index (χ2v) is 6.48. The number of carbonyl (C=O) groups is 2. The standard InChI is InChI=1S/C16H19NO3S/c1-11-3-4-13(12(2)9-11)5-6-14(18)17-16(15(19)20)7-8-21-10-16/h3-6,9H,7-8,10H2,1-2H3,(H,17,18)(H,19,20). The van der Waals surface area contributed by atoms with E-state index in [4.69, 9.17) is 0 Å². The summed E-state index contributed by atoms with van der Waals surface area (Å²) in [6.07, 6.45) is 3.60. The molecule has 0 spiro atoms. The maximum atomic E-state index is 12.0. The first-order valence-corrected chi connectivity index (χ1v) is 7.97. The number of carboxylic acid groups (broad SMARTS) is 1. The predicted octanol–water partition coefficient (Wildman–Crippen LogP) is 2.39. The topological polar surface area (TPSA) is 66.4 Å². The molecule has 5 heteroatoms. The molecule has 1 aromatic carbocycles. The first kappa shape index (κ1) is 15.6. The van der Waals surface area contributed by atoms with E-state index in [-0.39, 0.29) is 5.91 Å². The van der Waals surface area contributed by atoms with Crippen molar-refractivity contribution in [1.29, 1.82) is 0 Å². The van der Waals surface area contributed by atoms with Crippen LogP contribution in [0.1, 0.15) is 23.1 Å². The first-order valence-electron chi connectivity index (χ1n) is 6.82. The Morgan fingerprint density at radius 2 is 2.14 bits per heavy atom. The van der Waals surface area contributed by atoms with Crippen LogP contribution in [-0.2, 0) is 9.59 Å². The van der Waals surface area contributed by atoms with Crippen LogP contribution in [0.25, 0.3) is 6.08 Å². The predicted molar refractivity (Wildman–Crippen MR) is 85.4 cm³/mol. The molecule has 0 radical (unpaired) electrons. The maximum absolute atomic E-state index is 12.0. The number of thioether (sulfide) groups is 1. The van der Waals surface area contributed by atoms with Crippen molar-refractivity contribution in [3.63, 3.8) is 0 Å². The lowest BCUT2D eigenvalue weighted by atomic mass is 9.99. The molecule has 2 rings (SSSR count). The number of hydrogen-bond donors (Lipinski definition) is 2. The van der Waals surface area contributed by atoms with E-state index in [0.717, 1.165) is 16.9 Å². The molecular formula is C16H19NO3S. The maximum Gasteiger partial charge on any atom is 0.330 e. The van der Waals surface area contributed by atoms with E-state index in [2.05, 4.69) is 5.32 Å². The van der Waals surface area contributed by atoms with Crippen molar-refractivity contribution in [2.24, 2.45) is 0 Å². The first-order chi connectivity index (χ1) is 9.93. The van der Waals surface area contributed by atoms with Gasteiger partial charge in [0.2, 0.25) is 5.91 Å². The molecule has 1 saturated heterocycles. The molecule has 0 aliphatic carbocycles. The number of benzene rings is 1. The van der Waals surface area contributed by atoms with Gasteiger partial charge in [-0.1, -0.05) is 23.8 Å². The molecule has 1 amide bonds. The van der Waals surface area contributed by atoms with E-state index in [9.17, 15) is 14.7 Å². The van der Waals surface area contributed by atoms with Crippen molar-refractivity contribution in [1.82, 2.24) is 5.32 Å². The van der Waals surface area contributed by atoms with E-state index in [0.29, 0.717) is 12.2 Å². The average molecular weight is 305 g/mol. The number of aliphatic carboxylic acids is 1. The van der Waals surface area contributed by atoms with Gasteiger partial charge in [0.05, 0.1) is 0 Å². The van der Waals surface area contributed by atoms with Crippen molar-refractivity contribution in [3.05, 3.63) is 41.0 Å². The van der Waals surface area contributed by atoms with Crippen molar-refractivity contribution in [3.8, 4) is 0 Å². The third-order valence-electron chi connectivity index (χ3n) is 3.63. The number of carbonyl (C=O) groups excluding carboxylic acids is 1. The molecule has 4 nitrogen and oxygen atoms in total. The fourth-order valence-corrected chi connectivity index (χ4v) is 3.67. The molecule has 21 heavy (non-hydrogen) atoms. The van der Waals surface area contributed by atoms with Gasteiger partial charge in [-0.05, 0) is 43.2 Å². The molecule has 1 atom stereocenters. The minimum atomic E-state index is -1.12. The van der Waals surface area contributed by atoms with E-state index in [1.807, 2.05) is 32.0 Å². The molecule has 1 fully saturated rings. The highest BCUT2D eigenvalue weighted by Crippen LogP contribution is 2.28. The minimum absolute atomic E-state index is 0.361. The smallest absolute Gasteiger partial charge is 0.330 e. The zero-order valence-electron chi connectivity index (χ0n) is 12.2. The van der Waals surface area contributed by atoms with Crippen molar-refractivity contribution < 1.29 is 14.7 Å². The van der Waals surface area contributed by atoms with Gasteiger partial charge in [0, 0.05) is 11.8 Å². The van der Waals surface area contributed by atoms with Gasteiger partial charge in [-0.15, -0.1) is 0 Å². The SMILES string of the molecule is Cc1ccc(C=CC(=O)NC2(C(=O)O)CCSC2)c(C)c1. The van der Waals surface area contributed by atoms with Crippen LogP contribution in [0.4, 0.5) is 0 Å². The van der Waals surface area contributed by atoms with E-state index < -0.39 is 11.5 Å². The Hall–Kier alpha value is -1.75. The molecule has 0 aromatic heterocycles. The van der Waals surface area contributed by atoms with E-state index in [1.54, 1.807) is 17.8 Å². The molecule has 1 unspecified atom stereocenters. The van der Waals surface area contributed by atoms with Gasteiger partial charge in [0.15, 0.2) is 0 Å². The van der Waals surface area contributed by atoms with Gasteiger partial charge >= 0.3 is 5.97 Å². The summed E-state index contributed by atoms with van der Waals surface area (Å²) >= 11 is 1.55. The lowest BCUT2D eigenvalue weighted by molar-refractivity contribution is -0.145. The van der Waals surface area contributed by atoms with Gasteiger partial charge in [-0.2, -0.15) is 11.8 Å². The molecule has 0 saturated carbocycles. The van der Waals surface area contributed by atoms with Crippen molar-refractivity contribution >= 4 is 29.7 Å². The quantitative estimate of drug-likeness (QED) is 0.838. The Morgan fingerprint density at radius 1 is 1.38 bits per heavy atom. The number of aryl methyl sites for hydroxylation is 2. The number of carboxylic acids is 1. The molecule has 0 bridgehead atoms. The summed E-state index contributed by atoms with van der Waals surface area (Å²) in [5, 5.41) is 12.0. The molecule has 1 heterocycles. The fraction of sp³-hybridized carbons (Fsp3) is 0.375. The lowest BCUT2D eigenvalue weighted by Crippen LogP contribution is -2.54. The summed E-state index contributed by atoms with van der Waals surface area (Å²) in [4.78, 5) is 23.4. The summed E-state index contributed by atoms with van der Waals surface area (Å²) in [5.41, 5.74) is 2.10. The minimum Gasteiger partial charge on any atom is -0.479 e. The molecule has 2 N–H and O–H groups in total. The second-order valence-electron chi connectivity index (χ2n) is 5.37. The van der Waals surface area contributed by atoms with Crippen LogP contribution < -0.4 is 5.32 Å².